The van der Waals surface area contributed by atoms with E-state index in [0.717, 1.165) is 27.6 Å². The summed E-state index contributed by atoms with van der Waals surface area (Å²) in [7, 11) is 1.66. The Balaban J connectivity index is 2.00. The SMILES string of the molecule is COc1ccccc1-n1cc(-c2ccc(Cl)cc2)cn1. The van der Waals surface area contributed by atoms with Crippen LogP contribution in [0.15, 0.2) is 60.9 Å². The Morgan fingerprint density at radius 1 is 1.00 bits per heavy atom. The van der Waals surface area contributed by atoms with E-state index in [9.17, 15) is 0 Å². The lowest BCUT2D eigenvalue weighted by molar-refractivity contribution is 0.411. The molecule has 0 N–H and O–H groups in total. The predicted octanol–water partition coefficient (Wildman–Crippen LogP) is 4.20. The number of ether oxygens (including phenoxy) is 1. The van der Waals surface area contributed by atoms with Crippen LogP contribution in [-0.4, -0.2) is 16.9 Å². The molecule has 0 fully saturated rings. The third kappa shape index (κ3) is 2.40. The Labute approximate surface area is 122 Å². The first-order chi connectivity index (χ1) is 9.78. The molecule has 0 bridgehead atoms. The van der Waals surface area contributed by atoms with Crippen molar-refractivity contribution in [2.75, 3.05) is 7.11 Å². The van der Waals surface area contributed by atoms with Crippen LogP contribution in [0.2, 0.25) is 5.02 Å². The summed E-state index contributed by atoms with van der Waals surface area (Å²) in [5.41, 5.74) is 3.03. The number of rotatable bonds is 3. The number of aromatic nitrogens is 2. The summed E-state index contributed by atoms with van der Waals surface area (Å²) in [6, 6.07) is 15.5. The molecule has 0 saturated heterocycles. The molecule has 0 saturated carbocycles. The summed E-state index contributed by atoms with van der Waals surface area (Å²) in [6.45, 7) is 0. The van der Waals surface area contributed by atoms with Gasteiger partial charge in [-0.25, -0.2) is 4.68 Å². The molecule has 0 unspecified atom stereocenters. The Morgan fingerprint density at radius 3 is 2.50 bits per heavy atom. The summed E-state index contributed by atoms with van der Waals surface area (Å²) >= 11 is 5.90. The molecule has 0 spiro atoms. The zero-order chi connectivity index (χ0) is 13.9. The second-order valence-corrected chi connectivity index (χ2v) is 4.79. The number of nitrogens with zero attached hydrogens (tertiary/aromatic N) is 2. The first-order valence-corrected chi connectivity index (χ1v) is 6.60. The number of hydrogen-bond donors (Lipinski definition) is 0. The maximum absolute atomic E-state index is 5.90. The third-order valence-electron chi connectivity index (χ3n) is 3.09. The molecule has 20 heavy (non-hydrogen) atoms. The van der Waals surface area contributed by atoms with Gasteiger partial charge >= 0.3 is 0 Å². The highest BCUT2D eigenvalue weighted by atomic mass is 35.5. The maximum atomic E-state index is 5.90. The van der Waals surface area contributed by atoms with Gasteiger partial charge in [0.05, 0.1) is 13.3 Å². The van der Waals surface area contributed by atoms with E-state index >= 15 is 0 Å². The molecule has 0 aliphatic heterocycles. The molecule has 0 atom stereocenters. The molecule has 1 heterocycles. The summed E-state index contributed by atoms with van der Waals surface area (Å²) in [5, 5.41) is 5.13. The highest BCUT2D eigenvalue weighted by molar-refractivity contribution is 6.30. The van der Waals surface area contributed by atoms with E-state index in [1.807, 2.05) is 65.6 Å². The molecule has 0 aliphatic rings. The molecule has 1 aromatic heterocycles. The predicted molar refractivity (Wildman–Crippen MR) is 80.6 cm³/mol. The van der Waals surface area contributed by atoms with Crippen LogP contribution in [0.4, 0.5) is 0 Å². The van der Waals surface area contributed by atoms with Gasteiger partial charge < -0.3 is 4.74 Å². The van der Waals surface area contributed by atoms with E-state index in [1.54, 1.807) is 7.11 Å². The van der Waals surface area contributed by atoms with Crippen molar-refractivity contribution in [1.82, 2.24) is 9.78 Å². The molecule has 3 aromatic rings. The Bertz CT molecular complexity index is 719. The van der Waals surface area contributed by atoms with Gasteiger partial charge in [-0.3, -0.25) is 0 Å². The van der Waals surface area contributed by atoms with Gasteiger partial charge in [-0.1, -0.05) is 35.9 Å². The third-order valence-corrected chi connectivity index (χ3v) is 3.34. The van der Waals surface area contributed by atoms with Crippen molar-refractivity contribution in [2.45, 2.75) is 0 Å². The second kappa shape index (κ2) is 5.39. The van der Waals surface area contributed by atoms with Crippen LogP contribution in [0.5, 0.6) is 5.75 Å². The Hall–Kier alpha value is -2.26. The molecular formula is C16H13ClN2O. The lowest BCUT2D eigenvalue weighted by atomic mass is 10.1. The van der Waals surface area contributed by atoms with Crippen LogP contribution in [-0.2, 0) is 0 Å². The van der Waals surface area contributed by atoms with Gasteiger partial charge in [-0.15, -0.1) is 0 Å². The summed E-state index contributed by atoms with van der Waals surface area (Å²) in [6.07, 6.45) is 3.80. The van der Waals surface area contributed by atoms with Crippen LogP contribution in [0.3, 0.4) is 0 Å². The fourth-order valence-corrected chi connectivity index (χ4v) is 2.19. The molecule has 2 aromatic carbocycles. The van der Waals surface area contributed by atoms with Crippen molar-refractivity contribution in [3.63, 3.8) is 0 Å². The lowest BCUT2D eigenvalue weighted by Gasteiger charge is -2.07. The van der Waals surface area contributed by atoms with Crippen LogP contribution < -0.4 is 4.74 Å². The van der Waals surface area contributed by atoms with Gasteiger partial charge in [-0.2, -0.15) is 5.10 Å². The van der Waals surface area contributed by atoms with E-state index in [2.05, 4.69) is 5.10 Å². The van der Waals surface area contributed by atoms with Crippen molar-refractivity contribution in [2.24, 2.45) is 0 Å². The number of benzene rings is 2. The molecule has 100 valence electrons. The van der Waals surface area contributed by atoms with E-state index in [0.29, 0.717) is 0 Å². The average molecular weight is 285 g/mol. The standard InChI is InChI=1S/C16H13ClN2O/c1-20-16-5-3-2-4-15(16)19-11-13(10-18-19)12-6-8-14(17)9-7-12/h2-11H,1H3. The summed E-state index contributed by atoms with van der Waals surface area (Å²) in [5.74, 6) is 0.790. The Kier molecular flexibility index (Phi) is 3.44. The summed E-state index contributed by atoms with van der Waals surface area (Å²) in [4.78, 5) is 0. The van der Waals surface area contributed by atoms with Crippen molar-refractivity contribution in [1.29, 1.82) is 0 Å². The minimum atomic E-state index is 0.728. The van der Waals surface area contributed by atoms with Gasteiger partial charge in [0.2, 0.25) is 0 Å². The first kappa shape index (κ1) is 12.8. The molecule has 0 amide bonds. The highest BCUT2D eigenvalue weighted by Crippen LogP contribution is 2.25. The van der Waals surface area contributed by atoms with E-state index in [4.69, 9.17) is 16.3 Å². The molecule has 3 nitrogen and oxygen atoms in total. The van der Waals surface area contributed by atoms with Gasteiger partial charge in [0.1, 0.15) is 11.4 Å². The number of hydrogen-bond acceptors (Lipinski definition) is 2. The van der Waals surface area contributed by atoms with Crippen molar-refractivity contribution in [3.8, 4) is 22.6 Å². The zero-order valence-corrected chi connectivity index (χ0v) is 11.7. The van der Waals surface area contributed by atoms with E-state index in [1.165, 1.54) is 0 Å². The monoisotopic (exact) mass is 284 g/mol. The van der Waals surface area contributed by atoms with Crippen LogP contribution in [0.1, 0.15) is 0 Å². The first-order valence-electron chi connectivity index (χ1n) is 6.22. The number of halogens is 1. The minimum absolute atomic E-state index is 0.728. The van der Waals surface area contributed by atoms with Gasteiger partial charge in [-0.05, 0) is 29.8 Å². The smallest absolute Gasteiger partial charge is 0.144 e. The molecule has 0 aliphatic carbocycles. The highest BCUT2D eigenvalue weighted by Gasteiger charge is 2.07. The topological polar surface area (TPSA) is 27.1 Å². The fraction of sp³-hybridized carbons (Fsp3) is 0.0625. The Morgan fingerprint density at radius 2 is 1.75 bits per heavy atom. The van der Waals surface area contributed by atoms with E-state index < -0.39 is 0 Å². The van der Waals surface area contributed by atoms with Crippen LogP contribution in [0, 0.1) is 0 Å². The van der Waals surface area contributed by atoms with Crippen LogP contribution in [0.25, 0.3) is 16.8 Å². The molecule has 0 radical (unpaired) electrons. The van der Waals surface area contributed by atoms with Gasteiger partial charge in [0.25, 0.3) is 0 Å². The lowest BCUT2D eigenvalue weighted by Crippen LogP contribution is -1.97. The van der Waals surface area contributed by atoms with E-state index in [-0.39, 0.29) is 0 Å². The van der Waals surface area contributed by atoms with Gasteiger partial charge in [0, 0.05) is 16.8 Å². The van der Waals surface area contributed by atoms with Crippen molar-refractivity contribution < 1.29 is 4.74 Å². The number of methoxy groups -OCH3 is 1. The molecule has 3 rings (SSSR count). The molecular weight excluding hydrogens is 272 g/mol. The molecule has 4 heteroatoms. The minimum Gasteiger partial charge on any atom is -0.494 e. The quantitative estimate of drug-likeness (QED) is 0.721. The van der Waals surface area contributed by atoms with Crippen LogP contribution >= 0.6 is 11.6 Å². The zero-order valence-electron chi connectivity index (χ0n) is 11.0. The van der Waals surface area contributed by atoms with Gasteiger partial charge in [0.15, 0.2) is 0 Å². The average Bonchev–Trinajstić information content (AvgIpc) is 2.97. The normalized spacial score (nSPS) is 10.5. The summed E-state index contributed by atoms with van der Waals surface area (Å²) < 4.78 is 7.16. The maximum Gasteiger partial charge on any atom is 0.144 e. The van der Waals surface area contributed by atoms with Crippen molar-refractivity contribution in [3.05, 3.63) is 65.9 Å². The largest absolute Gasteiger partial charge is 0.494 e. The second-order valence-electron chi connectivity index (χ2n) is 4.35. The fourth-order valence-electron chi connectivity index (χ4n) is 2.07. The van der Waals surface area contributed by atoms with Crippen molar-refractivity contribution >= 4 is 11.6 Å². The number of para-hydroxylation sites is 2.